The van der Waals surface area contributed by atoms with Crippen LogP contribution in [0.25, 0.3) is 11.3 Å². The van der Waals surface area contributed by atoms with E-state index < -0.39 is 17.5 Å². The van der Waals surface area contributed by atoms with Gasteiger partial charge in [0.2, 0.25) is 5.95 Å². The summed E-state index contributed by atoms with van der Waals surface area (Å²) < 4.78 is 38.2. The molecule has 1 aliphatic rings. The zero-order valence-electron chi connectivity index (χ0n) is 15.2. The molecule has 1 aromatic carbocycles. The minimum absolute atomic E-state index is 0.168. The van der Waals surface area contributed by atoms with E-state index in [1.54, 1.807) is 6.92 Å². The number of nitrogens with zero attached hydrogens (tertiary/aromatic N) is 4. The first-order valence-corrected chi connectivity index (χ1v) is 8.88. The molecule has 9 heteroatoms. The molecule has 6 nitrogen and oxygen atoms in total. The third-order valence-corrected chi connectivity index (χ3v) is 4.73. The summed E-state index contributed by atoms with van der Waals surface area (Å²) in [5, 5.41) is 21.4. The fraction of sp³-hybridized carbons (Fsp3) is 0.500. The molecule has 1 aliphatic heterocycles. The van der Waals surface area contributed by atoms with Crippen molar-refractivity contribution < 1.29 is 18.3 Å². The summed E-state index contributed by atoms with van der Waals surface area (Å²) in [6.07, 6.45) is -2.41. The molecule has 1 unspecified atom stereocenters. The molecule has 2 aromatic rings. The van der Waals surface area contributed by atoms with Crippen LogP contribution in [0.4, 0.5) is 19.1 Å². The lowest BCUT2D eigenvalue weighted by molar-refractivity contribution is -0.137. The Kier molecular flexibility index (Phi) is 5.50. The van der Waals surface area contributed by atoms with Gasteiger partial charge >= 0.3 is 6.18 Å². The van der Waals surface area contributed by atoms with Crippen LogP contribution in [0, 0.1) is 6.92 Å². The molecule has 1 aromatic heterocycles. The fourth-order valence-electron chi connectivity index (χ4n) is 3.27. The van der Waals surface area contributed by atoms with E-state index in [1.807, 2.05) is 0 Å². The van der Waals surface area contributed by atoms with E-state index in [9.17, 15) is 18.3 Å². The minimum Gasteiger partial charge on any atom is -0.507 e. The number of hydrogen-bond donors (Lipinski definition) is 2. The molecule has 3 rings (SSSR count). The molecule has 0 amide bonds. The number of phenolic OH excluding ortho intramolecular Hbond substituents is 1. The second-order valence-corrected chi connectivity index (χ2v) is 6.68. The van der Waals surface area contributed by atoms with E-state index in [0.29, 0.717) is 17.7 Å². The van der Waals surface area contributed by atoms with Gasteiger partial charge < -0.3 is 15.3 Å². The summed E-state index contributed by atoms with van der Waals surface area (Å²) in [6, 6.07) is 3.00. The molecule has 1 saturated heterocycles. The van der Waals surface area contributed by atoms with Gasteiger partial charge in [0.25, 0.3) is 0 Å². The van der Waals surface area contributed by atoms with Crippen molar-refractivity contribution in [1.29, 1.82) is 0 Å². The number of piperidine rings is 1. The van der Waals surface area contributed by atoms with Gasteiger partial charge in [-0.25, -0.2) is 4.98 Å². The molecule has 0 saturated carbocycles. The number of nitrogens with one attached hydrogen (secondary N) is 1. The zero-order valence-corrected chi connectivity index (χ0v) is 15.2. The average molecular weight is 381 g/mol. The molecule has 27 heavy (non-hydrogen) atoms. The predicted octanol–water partition coefficient (Wildman–Crippen LogP) is 3.47. The Bertz CT molecular complexity index is 812. The summed E-state index contributed by atoms with van der Waals surface area (Å²) in [6.45, 7) is 6.78. The number of rotatable bonds is 4. The standard InChI is InChI=1S/C18H22F3N5O/c1-3-26-8-4-5-13(10-26)23-17-22-11(2)16(24-25-17)14-7-6-12(9-15(14)27)18(19,20)21/h6-7,9,13,27H,3-5,8,10H2,1-2H3,(H,22,23,25). The van der Waals surface area contributed by atoms with Crippen molar-refractivity contribution >= 4 is 5.95 Å². The van der Waals surface area contributed by atoms with Crippen molar-refractivity contribution in [3.05, 3.63) is 29.5 Å². The van der Waals surface area contributed by atoms with E-state index in [0.717, 1.165) is 38.5 Å². The number of likely N-dealkylation sites (tertiary alicyclic amines) is 1. The normalized spacial score (nSPS) is 18.5. The smallest absolute Gasteiger partial charge is 0.416 e. The van der Waals surface area contributed by atoms with E-state index in [-0.39, 0.29) is 17.3 Å². The maximum absolute atomic E-state index is 12.7. The molecule has 1 fully saturated rings. The van der Waals surface area contributed by atoms with Crippen LogP contribution in [0.2, 0.25) is 0 Å². The molecular formula is C18H22F3N5O. The van der Waals surface area contributed by atoms with Gasteiger partial charge in [0.15, 0.2) is 0 Å². The first kappa shape index (κ1) is 19.3. The largest absolute Gasteiger partial charge is 0.507 e. The fourth-order valence-corrected chi connectivity index (χ4v) is 3.27. The number of likely N-dealkylation sites (N-methyl/N-ethyl adjacent to an activating group) is 1. The van der Waals surface area contributed by atoms with E-state index >= 15 is 0 Å². The number of benzene rings is 1. The first-order valence-electron chi connectivity index (χ1n) is 8.88. The van der Waals surface area contributed by atoms with Crippen LogP contribution in [0.1, 0.15) is 31.0 Å². The number of phenols is 1. The summed E-state index contributed by atoms with van der Waals surface area (Å²) in [5.74, 6) is -0.124. The molecule has 0 aliphatic carbocycles. The van der Waals surface area contributed by atoms with Crippen LogP contribution in [0.15, 0.2) is 18.2 Å². The molecule has 0 spiro atoms. The number of anilines is 1. The lowest BCUT2D eigenvalue weighted by atomic mass is 10.1. The van der Waals surface area contributed by atoms with E-state index in [1.165, 1.54) is 6.07 Å². The number of aromatic hydroxyl groups is 1. The van der Waals surface area contributed by atoms with Crippen LogP contribution in [0.5, 0.6) is 5.75 Å². The first-order chi connectivity index (χ1) is 12.8. The van der Waals surface area contributed by atoms with Crippen molar-refractivity contribution in [3.8, 4) is 17.0 Å². The van der Waals surface area contributed by atoms with E-state index in [2.05, 4.69) is 32.3 Å². The van der Waals surface area contributed by atoms with Crippen LogP contribution >= 0.6 is 0 Å². The number of aromatic nitrogens is 3. The van der Waals surface area contributed by atoms with Crippen LogP contribution in [-0.2, 0) is 6.18 Å². The summed E-state index contributed by atoms with van der Waals surface area (Å²) in [5.41, 5.74) is -0.0171. The van der Waals surface area contributed by atoms with Gasteiger partial charge in [-0.3, -0.25) is 0 Å². The Morgan fingerprint density at radius 1 is 1.30 bits per heavy atom. The predicted molar refractivity (Wildman–Crippen MR) is 95.4 cm³/mol. The second kappa shape index (κ2) is 7.67. The van der Waals surface area contributed by atoms with Gasteiger partial charge in [-0.05, 0) is 51.1 Å². The highest BCUT2D eigenvalue weighted by Crippen LogP contribution is 2.36. The Labute approximate surface area is 155 Å². The van der Waals surface area contributed by atoms with Gasteiger partial charge in [0.05, 0.1) is 11.3 Å². The topological polar surface area (TPSA) is 74.2 Å². The quantitative estimate of drug-likeness (QED) is 0.845. The van der Waals surface area contributed by atoms with Crippen molar-refractivity contribution in [2.45, 2.75) is 38.9 Å². The molecule has 2 heterocycles. The highest BCUT2D eigenvalue weighted by atomic mass is 19.4. The highest BCUT2D eigenvalue weighted by Gasteiger charge is 2.31. The van der Waals surface area contributed by atoms with Crippen molar-refractivity contribution in [1.82, 2.24) is 20.1 Å². The van der Waals surface area contributed by atoms with E-state index in [4.69, 9.17) is 0 Å². The molecule has 146 valence electrons. The number of halogens is 3. The number of alkyl halides is 3. The third kappa shape index (κ3) is 4.47. The Balaban J connectivity index is 1.79. The Hall–Kier alpha value is -2.42. The van der Waals surface area contributed by atoms with Crippen LogP contribution in [-0.4, -0.2) is 50.9 Å². The van der Waals surface area contributed by atoms with Gasteiger partial charge in [-0.15, -0.1) is 10.2 Å². The molecule has 1 atom stereocenters. The zero-order chi connectivity index (χ0) is 19.6. The summed E-state index contributed by atoms with van der Waals surface area (Å²) in [4.78, 5) is 6.71. The monoisotopic (exact) mass is 381 g/mol. The SMILES string of the molecule is CCN1CCCC(Nc2nnc(-c3ccc(C(F)(F)F)cc3O)c(C)n2)C1. The lowest BCUT2D eigenvalue weighted by Gasteiger charge is -2.32. The van der Waals surface area contributed by atoms with Crippen molar-refractivity contribution in [2.75, 3.05) is 25.0 Å². The number of aryl methyl sites for hydroxylation is 1. The van der Waals surface area contributed by atoms with Gasteiger partial charge in [0, 0.05) is 18.2 Å². The summed E-state index contributed by atoms with van der Waals surface area (Å²) >= 11 is 0. The number of hydrogen-bond acceptors (Lipinski definition) is 6. The highest BCUT2D eigenvalue weighted by molar-refractivity contribution is 5.69. The van der Waals surface area contributed by atoms with Crippen molar-refractivity contribution in [2.24, 2.45) is 0 Å². The third-order valence-electron chi connectivity index (χ3n) is 4.73. The summed E-state index contributed by atoms with van der Waals surface area (Å²) in [7, 11) is 0. The lowest BCUT2D eigenvalue weighted by Crippen LogP contribution is -2.42. The maximum Gasteiger partial charge on any atom is 0.416 e. The maximum atomic E-state index is 12.7. The van der Waals surface area contributed by atoms with Crippen LogP contribution in [0.3, 0.4) is 0 Å². The molecule has 2 N–H and O–H groups in total. The molecule has 0 bridgehead atoms. The Morgan fingerprint density at radius 2 is 2.07 bits per heavy atom. The van der Waals surface area contributed by atoms with Gasteiger partial charge in [0.1, 0.15) is 11.4 Å². The van der Waals surface area contributed by atoms with Crippen LogP contribution < -0.4 is 5.32 Å². The average Bonchev–Trinajstić information content (AvgIpc) is 2.62. The second-order valence-electron chi connectivity index (χ2n) is 6.68. The van der Waals surface area contributed by atoms with Crippen molar-refractivity contribution in [3.63, 3.8) is 0 Å². The Morgan fingerprint density at radius 3 is 2.70 bits per heavy atom. The molecular weight excluding hydrogens is 359 g/mol. The van der Waals surface area contributed by atoms with Gasteiger partial charge in [-0.1, -0.05) is 6.92 Å². The molecule has 0 radical (unpaired) electrons. The van der Waals surface area contributed by atoms with Gasteiger partial charge in [-0.2, -0.15) is 13.2 Å². The minimum atomic E-state index is -4.52.